The Morgan fingerprint density at radius 2 is 1.08 bits per heavy atom. The molecule has 0 amide bonds. The van der Waals surface area contributed by atoms with Gasteiger partial charge in [-0.2, -0.15) is 0 Å². The first-order valence-electron chi connectivity index (χ1n) is 10.6. The van der Waals surface area contributed by atoms with E-state index in [-0.39, 0.29) is 5.97 Å². The van der Waals surface area contributed by atoms with Gasteiger partial charge in [0.15, 0.2) is 0 Å². The second-order valence-electron chi connectivity index (χ2n) is 7.09. The van der Waals surface area contributed by atoms with Crippen LogP contribution in [-0.2, 0) is 9.53 Å². The maximum Gasteiger partial charge on any atom is 0.333 e. The van der Waals surface area contributed by atoms with Gasteiger partial charge in [-0.25, -0.2) is 4.79 Å². The molecule has 0 N–H and O–H groups in total. The molecule has 0 fully saturated rings. The van der Waals surface area contributed by atoms with E-state index in [1.165, 1.54) is 83.5 Å². The number of esters is 1. The first kappa shape index (κ1) is 23.2. The highest BCUT2D eigenvalue weighted by molar-refractivity contribution is 5.87. The van der Waals surface area contributed by atoms with Crippen molar-refractivity contribution < 1.29 is 9.53 Å². The largest absolute Gasteiger partial charge is 0.462 e. The molecule has 142 valence electrons. The Labute approximate surface area is 151 Å². The second-order valence-corrected chi connectivity index (χ2v) is 7.09. The van der Waals surface area contributed by atoms with E-state index >= 15 is 0 Å². The van der Waals surface area contributed by atoms with Crippen LogP contribution in [0.25, 0.3) is 0 Å². The van der Waals surface area contributed by atoms with Crippen molar-refractivity contribution in [1.29, 1.82) is 0 Å². The number of unbranched alkanes of at least 4 members (excludes halogenated alkanes) is 13. The van der Waals surface area contributed by atoms with E-state index in [9.17, 15) is 4.79 Å². The van der Waals surface area contributed by atoms with Crippen LogP contribution in [0, 0.1) is 0 Å². The van der Waals surface area contributed by atoms with E-state index in [4.69, 9.17) is 4.74 Å². The van der Waals surface area contributed by atoms with E-state index in [1.54, 1.807) is 0 Å². The van der Waals surface area contributed by atoms with Gasteiger partial charge in [-0.15, -0.1) is 0 Å². The molecular weight excluding hydrogens is 296 g/mol. The molecule has 0 heterocycles. The lowest BCUT2D eigenvalue weighted by Gasteiger charge is -2.07. The minimum absolute atomic E-state index is 0.179. The highest BCUT2D eigenvalue weighted by Crippen LogP contribution is 2.12. The molecule has 0 aliphatic rings. The monoisotopic (exact) mass is 338 g/mol. The molecule has 0 atom stereocenters. The van der Waals surface area contributed by atoms with Crippen molar-refractivity contribution in [3.63, 3.8) is 0 Å². The van der Waals surface area contributed by atoms with Gasteiger partial charge in [0, 0.05) is 5.57 Å². The highest BCUT2D eigenvalue weighted by atomic mass is 16.5. The van der Waals surface area contributed by atoms with Crippen LogP contribution in [0.1, 0.15) is 117 Å². The van der Waals surface area contributed by atoms with Crippen molar-refractivity contribution in [2.75, 3.05) is 6.61 Å². The first-order chi connectivity index (χ1) is 11.7. The van der Waals surface area contributed by atoms with E-state index in [0.717, 1.165) is 19.3 Å². The highest BCUT2D eigenvalue weighted by Gasteiger charge is 2.07. The minimum Gasteiger partial charge on any atom is -0.462 e. The predicted octanol–water partition coefficient (Wildman–Crippen LogP) is 7.37. The molecular formula is C22H42O2. The molecule has 0 aliphatic heterocycles. The van der Waals surface area contributed by atoms with Crippen LogP contribution < -0.4 is 0 Å². The average Bonchev–Trinajstić information content (AvgIpc) is 2.59. The van der Waals surface area contributed by atoms with Crippen LogP contribution in [0.3, 0.4) is 0 Å². The summed E-state index contributed by atoms with van der Waals surface area (Å²) in [5, 5.41) is 0. The van der Waals surface area contributed by atoms with Crippen molar-refractivity contribution in [3.05, 3.63) is 12.2 Å². The lowest BCUT2D eigenvalue weighted by molar-refractivity contribution is -0.139. The SMILES string of the molecule is C=C(CCCCCCC)C(=O)OCCCCCCCCCCCC. The molecule has 2 nitrogen and oxygen atoms in total. The Hall–Kier alpha value is -0.790. The summed E-state index contributed by atoms with van der Waals surface area (Å²) < 4.78 is 5.32. The summed E-state index contributed by atoms with van der Waals surface area (Å²) in [4.78, 5) is 11.8. The van der Waals surface area contributed by atoms with Gasteiger partial charge in [-0.3, -0.25) is 0 Å². The van der Waals surface area contributed by atoms with Crippen LogP contribution >= 0.6 is 0 Å². The van der Waals surface area contributed by atoms with E-state index in [0.29, 0.717) is 12.2 Å². The molecule has 0 saturated heterocycles. The van der Waals surface area contributed by atoms with Crippen molar-refractivity contribution >= 4 is 5.97 Å². The van der Waals surface area contributed by atoms with E-state index < -0.39 is 0 Å². The molecule has 0 aromatic rings. The van der Waals surface area contributed by atoms with Crippen LogP contribution in [-0.4, -0.2) is 12.6 Å². The third-order valence-electron chi connectivity index (χ3n) is 4.60. The van der Waals surface area contributed by atoms with Gasteiger partial charge < -0.3 is 4.74 Å². The molecule has 2 heteroatoms. The first-order valence-corrected chi connectivity index (χ1v) is 10.6. The smallest absolute Gasteiger partial charge is 0.333 e. The zero-order valence-electron chi connectivity index (χ0n) is 16.5. The summed E-state index contributed by atoms with van der Waals surface area (Å²) in [6.07, 6.45) is 19.8. The Morgan fingerprint density at radius 3 is 1.58 bits per heavy atom. The number of carbonyl (C=O) groups excluding carboxylic acids is 1. The number of ether oxygens (including phenoxy) is 1. The average molecular weight is 339 g/mol. The van der Waals surface area contributed by atoms with Crippen molar-refractivity contribution in [3.8, 4) is 0 Å². The molecule has 0 aromatic carbocycles. The lowest BCUT2D eigenvalue weighted by atomic mass is 10.1. The molecule has 0 saturated carbocycles. The molecule has 0 aromatic heterocycles. The van der Waals surface area contributed by atoms with Crippen LogP contribution in [0.15, 0.2) is 12.2 Å². The topological polar surface area (TPSA) is 26.3 Å². The quantitative estimate of drug-likeness (QED) is 0.148. The zero-order valence-corrected chi connectivity index (χ0v) is 16.5. The van der Waals surface area contributed by atoms with Gasteiger partial charge in [-0.1, -0.05) is 104 Å². The third kappa shape index (κ3) is 16.1. The number of hydrogen-bond acceptors (Lipinski definition) is 2. The number of hydrogen-bond donors (Lipinski definition) is 0. The van der Waals surface area contributed by atoms with Crippen LogP contribution in [0.4, 0.5) is 0 Å². The Balaban J connectivity index is 3.31. The summed E-state index contributed by atoms with van der Waals surface area (Å²) >= 11 is 0. The fourth-order valence-electron chi connectivity index (χ4n) is 2.90. The van der Waals surface area contributed by atoms with Gasteiger partial charge in [0.1, 0.15) is 0 Å². The summed E-state index contributed by atoms with van der Waals surface area (Å²) in [5.41, 5.74) is 0.651. The molecule has 0 spiro atoms. The summed E-state index contributed by atoms with van der Waals surface area (Å²) in [5.74, 6) is -0.179. The van der Waals surface area contributed by atoms with Gasteiger partial charge >= 0.3 is 5.97 Å². The molecule has 0 rings (SSSR count). The summed E-state index contributed by atoms with van der Waals surface area (Å²) in [6, 6.07) is 0. The van der Waals surface area contributed by atoms with Gasteiger partial charge in [0.2, 0.25) is 0 Å². The fraction of sp³-hybridized carbons (Fsp3) is 0.864. The predicted molar refractivity (Wildman–Crippen MR) is 105 cm³/mol. The Morgan fingerprint density at radius 1 is 0.667 bits per heavy atom. The van der Waals surface area contributed by atoms with Crippen molar-refractivity contribution in [2.45, 2.75) is 117 Å². The van der Waals surface area contributed by atoms with Crippen molar-refractivity contribution in [2.24, 2.45) is 0 Å². The normalized spacial score (nSPS) is 10.8. The number of rotatable bonds is 18. The Kier molecular flexibility index (Phi) is 17.9. The number of carbonyl (C=O) groups is 1. The van der Waals surface area contributed by atoms with E-state index in [2.05, 4.69) is 20.4 Å². The maximum absolute atomic E-state index is 11.8. The summed E-state index contributed by atoms with van der Waals surface area (Å²) in [7, 11) is 0. The molecule has 0 aliphatic carbocycles. The molecule has 24 heavy (non-hydrogen) atoms. The third-order valence-corrected chi connectivity index (χ3v) is 4.60. The molecule has 0 bridgehead atoms. The van der Waals surface area contributed by atoms with Crippen LogP contribution in [0.2, 0.25) is 0 Å². The van der Waals surface area contributed by atoms with Crippen LogP contribution in [0.5, 0.6) is 0 Å². The van der Waals surface area contributed by atoms with Crippen molar-refractivity contribution in [1.82, 2.24) is 0 Å². The maximum atomic E-state index is 11.8. The molecule has 0 radical (unpaired) electrons. The van der Waals surface area contributed by atoms with Gasteiger partial charge in [0.25, 0.3) is 0 Å². The fourth-order valence-corrected chi connectivity index (χ4v) is 2.90. The van der Waals surface area contributed by atoms with Gasteiger partial charge in [0.05, 0.1) is 6.61 Å². The Bertz CT molecular complexity index is 296. The second kappa shape index (κ2) is 18.5. The van der Waals surface area contributed by atoms with Gasteiger partial charge in [-0.05, 0) is 19.3 Å². The summed E-state index contributed by atoms with van der Waals surface area (Å²) in [6.45, 7) is 8.90. The standard InChI is InChI=1S/C22H42O2/c1-4-6-8-10-11-12-13-14-16-18-20-24-22(23)21(3)19-17-15-9-7-5-2/h3-20H2,1-2H3. The minimum atomic E-state index is -0.179. The van der Waals surface area contributed by atoms with E-state index in [1.807, 2.05) is 0 Å². The zero-order chi connectivity index (χ0) is 17.9. The molecule has 0 unspecified atom stereocenters. The lowest BCUT2D eigenvalue weighted by Crippen LogP contribution is -2.08.